The van der Waals surface area contributed by atoms with E-state index in [1.165, 1.54) is 30.5 Å². The molecule has 1 heterocycles. The van der Waals surface area contributed by atoms with E-state index in [0.717, 1.165) is 31.2 Å². The van der Waals surface area contributed by atoms with E-state index in [-0.39, 0.29) is 5.41 Å². The molecule has 2 heteroatoms. The predicted octanol–water partition coefficient (Wildman–Crippen LogP) is 4.06. The van der Waals surface area contributed by atoms with Crippen molar-refractivity contribution in [3.63, 3.8) is 0 Å². The Morgan fingerprint density at radius 3 is 2.70 bits per heavy atom. The van der Waals surface area contributed by atoms with Crippen molar-refractivity contribution in [1.82, 2.24) is 5.32 Å². The predicted molar refractivity (Wildman–Crippen MR) is 85.6 cm³/mol. The molecule has 0 aliphatic carbocycles. The molecular formula is C18H29NO. The Hall–Kier alpha value is -1.02. The van der Waals surface area contributed by atoms with E-state index in [9.17, 15) is 0 Å². The van der Waals surface area contributed by atoms with Gasteiger partial charge in [-0.1, -0.05) is 32.9 Å². The topological polar surface area (TPSA) is 21.3 Å². The van der Waals surface area contributed by atoms with Gasteiger partial charge in [0.05, 0.1) is 6.61 Å². The molecule has 1 aromatic carbocycles. The third kappa shape index (κ3) is 4.24. The molecular weight excluding hydrogens is 246 g/mol. The van der Waals surface area contributed by atoms with E-state index in [0.29, 0.717) is 0 Å². The Kier molecular flexibility index (Phi) is 5.09. The van der Waals surface area contributed by atoms with Crippen molar-refractivity contribution >= 4 is 0 Å². The van der Waals surface area contributed by atoms with Gasteiger partial charge in [0.15, 0.2) is 0 Å². The number of ether oxygens (including phenoxy) is 1. The first kappa shape index (κ1) is 15.4. The molecule has 2 nitrogen and oxygen atoms in total. The minimum absolute atomic E-state index is 0.205. The summed E-state index contributed by atoms with van der Waals surface area (Å²) < 4.78 is 5.98. The molecule has 1 saturated heterocycles. The van der Waals surface area contributed by atoms with Crippen molar-refractivity contribution in [2.75, 3.05) is 19.7 Å². The van der Waals surface area contributed by atoms with E-state index < -0.39 is 0 Å². The molecule has 2 rings (SSSR count). The minimum atomic E-state index is 0.205. The van der Waals surface area contributed by atoms with Gasteiger partial charge in [-0.3, -0.25) is 0 Å². The number of hydrogen-bond acceptors (Lipinski definition) is 2. The summed E-state index contributed by atoms with van der Waals surface area (Å²) in [6.45, 7) is 12.1. The summed E-state index contributed by atoms with van der Waals surface area (Å²) in [5.74, 6) is 1.83. The zero-order chi connectivity index (χ0) is 14.6. The van der Waals surface area contributed by atoms with Gasteiger partial charge in [-0.15, -0.1) is 0 Å². The van der Waals surface area contributed by atoms with E-state index in [1.54, 1.807) is 0 Å². The highest BCUT2D eigenvalue weighted by Gasteiger charge is 2.15. The quantitative estimate of drug-likeness (QED) is 0.894. The smallest absolute Gasteiger partial charge is 0.122 e. The van der Waals surface area contributed by atoms with Crippen molar-refractivity contribution in [1.29, 1.82) is 0 Å². The van der Waals surface area contributed by atoms with Crippen LogP contribution >= 0.6 is 0 Å². The van der Waals surface area contributed by atoms with Gasteiger partial charge in [-0.2, -0.15) is 0 Å². The first-order valence-corrected chi connectivity index (χ1v) is 7.91. The van der Waals surface area contributed by atoms with Crippen LogP contribution in [-0.4, -0.2) is 19.7 Å². The summed E-state index contributed by atoms with van der Waals surface area (Å²) in [6, 6.07) is 6.59. The fraction of sp³-hybridized carbons (Fsp3) is 0.667. The van der Waals surface area contributed by atoms with Gasteiger partial charge in [0.2, 0.25) is 0 Å². The monoisotopic (exact) mass is 275 g/mol. The standard InChI is InChI=1S/C18H29NO/c1-14-12-16(18(2,3)4)7-8-17(14)20-11-9-15-6-5-10-19-13-15/h7-8,12,15,19H,5-6,9-11,13H2,1-4H3/t15-/m0/s1. The normalized spacial score (nSPS) is 19.9. The van der Waals surface area contributed by atoms with Crippen LogP contribution < -0.4 is 10.1 Å². The molecule has 1 N–H and O–H groups in total. The second kappa shape index (κ2) is 6.62. The van der Waals surface area contributed by atoms with Crippen molar-refractivity contribution in [3.8, 4) is 5.75 Å². The lowest BCUT2D eigenvalue weighted by Gasteiger charge is -2.23. The van der Waals surface area contributed by atoms with Crippen molar-refractivity contribution in [2.24, 2.45) is 5.92 Å². The van der Waals surface area contributed by atoms with E-state index >= 15 is 0 Å². The summed E-state index contributed by atoms with van der Waals surface area (Å²) in [5.41, 5.74) is 2.83. The van der Waals surface area contributed by atoms with Gasteiger partial charge in [0, 0.05) is 0 Å². The zero-order valence-corrected chi connectivity index (χ0v) is 13.5. The van der Waals surface area contributed by atoms with E-state index in [2.05, 4.69) is 51.2 Å². The van der Waals surface area contributed by atoms with Gasteiger partial charge >= 0.3 is 0 Å². The van der Waals surface area contributed by atoms with Crippen LogP contribution in [0.4, 0.5) is 0 Å². The van der Waals surface area contributed by atoms with Crippen molar-refractivity contribution in [3.05, 3.63) is 29.3 Å². The van der Waals surface area contributed by atoms with E-state index in [4.69, 9.17) is 4.74 Å². The summed E-state index contributed by atoms with van der Waals surface area (Å²) in [6.07, 6.45) is 3.82. The zero-order valence-electron chi connectivity index (χ0n) is 13.5. The molecule has 1 aromatic rings. The number of aryl methyl sites for hydroxylation is 1. The number of nitrogens with one attached hydrogen (secondary N) is 1. The average Bonchev–Trinajstić information content (AvgIpc) is 2.40. The molecule has 0 aromatic heterocycles. The Morgan fingerprint density at radius 2 is 2.10 bits per heavy atom. The van der Waals surface area contributed by atoms with Gasteiger partial charge in [0.25, 0.3) is 0 Å². The Labute approximate surface area is 123 Å². The molecule has 1 aliphatic heterocycles. The maximum Gasteiger partial charge on any atom is 0.122 e. The number of rotatable bonds is 4. The van der Waals surface area contributed by atoms with Crippen LogP contribution in [0, 0.1) is 12.8 Å². The molecule has 0 saturated carbocycles. The molecule has 20 heavy (non-hydrogen) atoms. The Morgan fingerprint density at radius 1 is 1.30 bits per heavy atom. The number of hydrogen-bond donors (Lipinski definition) is 1. The lowest BCUT2D eigenvalue weighted by Crippen LogP contribution is -2.30. The average molecular weight is 275 g/mol. The highest BCUT2D eigenvalue weighted by molar-refractivity contribution is 5.38. The van der Waals surface area contributed by atoms with Crippen LogP contribution in [0.1, 0.15) is 51.2 Å². The molecule has 0 bridgehead atoms. The molecule has 0 unspecified atom stereocenters. The van der Waals surface area contributed by atoms with Crippen LogP contribution in [0.2, 0.25) is 0 Å². The first-order valence-electron chi connectivity index (χ1n) is 7.91. The maximum atomic E-state index is 5.98. The first-order chi connectivity index (χ1) is 9.47. The maximum absolute atomic E-state index is 5.98. The molecule has 0 spiro atoms. The lowest BCUT2D eigenvalue weighted by molar-refractivity contribution is 0.253. The van der Waals surface area contributed by atoms with Crippen LogP contribution in [0.5, 0.6) is 5.75 Å². The van der Waals surface area contributed by atoms with Crippen LogP contribution in [-0.2, 0) is 5.41 Å². The van der Waals surface area contributed by atoms with Crippen LogP contribution in [0.15, 0.2) is 18.2 Å². The third-order valence-electron chi connectivity index (χ3n) is 4.22. The van der Waals surface area contributed by atoms with Gasteiger partial charge in [-0.25, -0.2) is 0 Å². The largest absolute Gasteiger partial charge is 0.493 e. The van der Waals surface area contributed by atoms with Crippen molar-refractivity contribution in [2.45, 2.75) is 52.4 Å². The summed E-state index contributed by atoms with van der Waals surface area (Å²) in [7, 11) is 0. The summed E-state index contributed by atoms with van der Waals surface area (Å²) in [4.78, 5) is 0. The van der Waals surface area contributed by atoms with E-state index in [1.807, 2.05) is 0 Å². The van der Waals surface area contributed by atoms with Gasteiger partial charge < -0.3 is 10.1 Å². The fourth-order valence-electron chi connectivity index (χ4n) is 2.78. The molecule has 1 atom stereocenters. The van der Waals surface area contributed by atoms with Crippen molar-refractivity contribution < 1.29 is 4.74 Å². The van der Waals surface area contributed by atoms with Crippen LogP contribution in [0.3, 0.4) is 0 Å². The highest BCUT2D eigenvalue weighted by atomic mass is 16.5. The number of benzene rings is 1. The fourth-order valence-corrected chi connectivity index (χ4v) is 2.78. The molecule has 1 fully saturated rings. The summed E-state index contributed by atoms with van der Waals surface area (Å²) >= 11 is 0. The van der Waals surface area contributed by atoms with Gasteiger partial charge in [-0.05, 0) is 67.8 Å². The molecule has 1 aliphatic rings. The second-order valence-corrected chi connectivity index (χ2v) is 7.08. The molecule has 0 amide bonds. The molecule has 112 valence electrons. The molecule has 0 radical (unpaired) electrons. The highest BCUT2D eigenvalue weighted by Crippen LogP contribution is 2.27. The Balaban J connectivity index is 1.86. The third-order valence-corrected chi connectivity index (χ3v) is 4.22. The second-order valence-electron chi connectivity index (χ2n) is 7.08. The SMILES string of the molecule is Cc1cc(C(C)(C)C)ccc1OCC[C@@H]1CCCNC1. The van der Waals surface area contributed by atoms with Gasteiger partial charge in [0.1, 0.15) is 5.75 Å². The number of piperidine rings is 1. The van der Waals surface area contributed by atoms with Crippen LogP contribution in [0.25, 0.3) is 0 Å². The minimum Gasteiger partial charge on any atom is -0.493 e. The Bertz CT molecular complexity index is 428. The lowest BCUT2D eigenvalue weighted by atomic mass is 9.86. The summed E-state index contributed by atoms with van der Waals surface area (Å²) in [5, 5.41) is 3.46.